The quantitative estimate of drug-likeness (QED) is 0.849. The van der Waals surface area contributed by atoms with Crippen molar-refractivity contribution < 1.29 is 0 Å². The molecular formula is C12H11ClN2OS. The Morgan fingerprint density at radius 2 is 2.12 bits per heavy atom. The molecule has 0 radical (unpaired) electrons. The zero-order valence-corrected chi connectivity index (χ0v) is 11.0. The average Bonchev–Trinajstić information content (AvgIpc) is 2.30. The summed E-state index contributed by atoms with van der Waals surface area (Å²) < 4.78 is 0. The van der Waals surface area contributed by atoms with Crippen molar-refractivity contribution in [2.45, 2.75) is 23.8 Å². The number of benzene rings is 1. The number of rotatable bonds is 2. The molecule has 1 N–H and O–H groups in total. The number of nitrogens with one attached hydrogen (secondary N) is 1. The predicted molar refractivity (Wildman–Crippen MR) is 69.9 cm³/mol. The van der Waals surface area contributed by atoms with Crippen LogP contribution in [0.3, 0.4) is 0 Å². The summed E-state index contributed by atoms with van der Waals surface area (Å²) in [4.78, 5) is 18.9. The van der Waals surface area contributed by atoms with Crippen LogP contribution in [-0.2, 0) is 0 Å². The van der Waals surface area contributed by atoms with E-state index in [1.807, 2.05) is 26.0 Å². The van der Waals surface area contributed by atoms with Crippen molar-refractivity contribution >= 4 is 23.4 Å². The maximum absolute atomic E-state index is 11.3. The first kappa shape index (κ1) is 12.2. The van der Waals surface area contributed by atoms with Gasteiger partial charge in [0.25, 0.3) is 5.56 Å². The first-order chi connectivity index (χ1) is 8.08. The fraction of sp³-hybridized carbons (Fsp3) is 0.167. The molecule has 0 fully saturated rings. The van der Waals surface area contributed by atoms with Crippen molar-refractivity contribution in [3.63, 3.8) is 0 Å². The van der Waals surface area contributed by atoms with Crippen molar-refractivity contribution in [1.82, 2.24) is 9.97 Å². The molecule has 0 aliphatic heterocycles. The van der Waals surface area contributed by atoms with Gasteiger partial charge >= 0.3 is 0 Å². The third kappa shape index (κ3) is 2.70. The predicted octanol–water partition coefficient (Wildman–Crippen LogP) is 3.19. The number of nitrogens with zero attached hydrogens (tertiary/aromatic N) is 1. The van der Waals surface area contributed by atoms with E-state index < -0.39 is 0 Å². The Labute approximate surface area is 108 Å². The van der Waals surface area contributed by atoms with E-state index in [1.54, 1.807) is 0 Å². The molecule has 88 valence electrons. The molecule has 0 amide bonds. The summed E-state index contributed by atoms with van der Waals surface area (Å²) in [7, 11) is 0. The summed E-state index contributed by atoms with van der Waals surface area (Å²) in [5.41, 5.74) is 1.99. The maximum Gasteiger partial charge on any atom is 0.270 e. The molecule has 1 heterocycles. The largest absolute Gasteiger partial charge is 0.312 e. The first-order valence-corrected chi connectivity index (χ1v) is 6.25. The standard InChI is InChI=1S/C12H11ClN2OS/c1-7-3-4-8(2)9(5-7)17-12-10(13)11(16)14-6-15-12/h3-6H,1-2H3,(H,14,15,16). The van der Waals surface area contributed by atoms with E-state index in [2.05, 4.69) is 16.0 Å². The van der Waals surface area contributed by atoms with E-state index in [0.29, 0.717) is 5.03 Å². The normalized spacial score (nSPS) is 10.5. The molecule has 0 atom stereocenters. The molecule has 0 unspecified atom stereocenters. The average molecular weight is 267 g/mol. The Morgan fingerprint density at radius 3 is 2.88 bits per heavy atom. The van der Waals surface area contributed by atoms with Crippen LogP contribution < -0.4 is 5.56 Å². The first-order valence-electron chi connectivity index (χ1n) is 5.06. The van der Waals surface area contributed by atoms with Gasteiger partial charge in [0, 0.05) is 4.90 Å². The van der Waals surface area contributed by atoms with Crippen LogP contribution in [0.4, 0.5) is 0 Å². The highest BCUT2D eigenvalue weighted by atomic mass is 35.5. The Kier molecular flexibility index (Phi) is 3.54. The second-order valence-corrected chi connectivity index (χ2v) is 5.13. The summed E-state index contributed by atoms with van der Waals surface area (Å²) >= 11 is 7.31. The minimum atomic E-state index is -0.311. The fourth-order valence-electron chi connectivity index (χ4n) is 1.36. The molecule has 17 heavy (non-hydrogen) atoms. The summed E-state index contributed by atoms with van der Waals surface area (Å²) in [6.45, 7) is 4.04. The fourth-order valence-corrected chi connectivity index (χ4v) is 2.55. The van der Waals surface area contributed by atoms with Crippen molar-refractivity contribution in [1.29, 1.82) is 0 Å². The van der Waals surface area contributed by atoms with E-state index in [0.717, 1.165) is 10.5 Å². The van der Waals surface area contributed by atoms with Crippen LogP contribution in [0, 0.1) is 13.8 Å². The summed E-state index contributed by atoms with van der Waals surface area (Å²) in [6, 6.07) is 6.14. The monoisotopic (exact) mass is 266 g/mol. The minimum absolute atomic E-state index is 0.137. The number of aromatic nitrogens is 2. The number of halogens is 1. The third-order valence-electron chi connectivity index (χ3n) is 2.31. The Morgan fingerprint density at radius 1 is 1.35 bits per heavy atom. The molecule has 5 heteroatoms. The van der Waals surface area contributed by atoms with Crippen molar-refractivity contribution in [3.05, 3.63) is 51.0 Å². The molecule has 0 saturated carbocycles. The van der Waals surface area contributed by atoms with E-state index in [-0.39, 0.29) is 10.6 Å². The van der Waals surface area contributed by atoms with Gasteiger partial charge in [0.1, 0.15) is 10.0 Å². The lowest BCUT2D eigenvalue weighted by atomic mass is 10.2. The van der Waals surface area contributed by atoms with Crippen LogP contribution >= 0.6 is 23.4 Å². The van der Waals surface area contributed by atoms with Gasteiger partial charge in [-0.25, -0.2) is 4.98 Å². The molecule has 1 aromatic carbocycles. The van der Waals surface area contributed by atoms with Gasteiger partial charge in [0.05, 0.1) is 6.33 Å². The topological polar surface area (TPSA) is 45.8 Å². The molecule has 1 aromatic heterocycles. The Balaban J connectivity index is 2.41. The molecule has 0 bridgehead atoms. The zero-order chi connectivity index (χ0) is 12.4. The van der Waals surface area contributed by atoms with Gasteiger partial charge in [-0.15, -0.1) is 0 Å². The summed E-state index contributed by atoms with van der Waals surface area (Å²) in [6.07, 6.45) is 1.36. The van der Waals surface area contributed by atoms with Crippen LogP contribution in [0.15, 0.2) is 39.2 Å². The van der Waals surface area contributed by atoms with Gasteiger partial charge in [-0.1, -0.05) is 35.5 Å². The highest BCUT2D eigenvalue weighted by molar-refractivity contribution is 7.99. The van der Waals surface area contributed by atoms with Gasteiger partial charge in [-0.3, -0.25) is 4.79 Å². The smallest absolute Gasteiger partial charge is 0.270 e. The van der Waals surface area contributed by atoms with Crippen molar-refractivity contribution in [2.24, 2.45) is 0 Å². The molecule has 3 nitrogen and oxygen atoms in total. The SMILES string of the molecule is Cc1ccc(C)c(Sc2nc[nH]c(=O)c2Cl)c1. The summed E-state index contributed by atoms with van der Waals surface area (Å²) in [5, 5.41) is 0.669. The molecule has 0 aliphatic rings. The lowest BCUT2D eigenvalue weighted by Gasteiger charge is -2.06. The molecule has 0 aliphatic carbocycles. The minimum Gasteiger partial charge on any atom is -0.312 e. The van der Waals surface area contributed by atoms with Crippen molar-refractivity contribution in [2.75, 3.05) is 0 Å². The van der Waals surface area contributed by atoms with E-state index in [9.17, 15) is 4.79 Å². The molecule has 2 rings (SSSR count). The lowest BCUT2D eigenvalue weighted by Crippen LogP contribution is -2.07. The van der Waals surface area contributed by atoms with E-state index in [4.69, 9.17) is 11.6 Å². The van der Waals surface area contributed by atoms with Gasteiger partial charge in [-0.05, 0) is 31.0 Å². The number of hydrogen-bond acceptors (Lipinski definition) is 3. The summed E-state index contributed by atoms with van der Waals surface area (Å²) in [5.74, 6) is 0. The van der Waals surface area contributed by atoms with Gasteiger partial charge in [0.2, 0.25) is 0 Å². The van der Waals surface area contributed by atoms with Gasteiger partial charge < -0.3 is 4.98 Å². The van der Waals surface area contributed by atoms with Crippen LogP contribution in [-0.4, -0.2) is 9.97 Å². The number of hydrogen-bond donors (Lipinski definition) is 1. The highest BCUT2D eigenvalue weighted by Gasteiger charge is 2.09. The third-order valence-corrected chi connectivity index (χ3v) is 3.94. The van der Waals surface area contributed by atoms with Crippen LogP contribution in [0.5, 0.6) is 0 Å². The van der Waals surface area contributed by atoms with Gasteiger partial charge in [-0.2, -0.15) is 0 Å². The number of H-pyrrole nitrogens is 1. The van der Waals surface area contributed by atoms with Crippen molar-refractivity contribution in [3.8, 4) is 0 Å². The lowest BCUT2D eigenvalue weighted by molar-refractivity contribution is 1.01. The van der Waals surface area contributed by atoms with E-state index >= 15 is 0 Å². The second kappa shape index (κ2) is 4.94. The molecule has 0 spiro atoms. The maximum atomic E-state index is 11.3. The van der Waals surface area contributed by atoms with Crippen LogP contribution in [0.1, 0.15) is 11.1 Å². The number of aryl methyl sites for hydroxylation is 2. The second-order valence-electron chi connectivity index (χ2n) is 3.72. The van der Waals surface area contributed by atoms with Gasteiger partial charge in [0.15, 0.2) is 0 Å². The highest BCUT2D eigenvalue weighted by Crippen LogP contribution is 2.32. The van der Waals surface area contributed by atoms with Crippen LogP contribution in [0.2, 0.25) is 5.02 Å². The molecular weight excluding hydrogens is 256 g/mol. The number of aromatic amines is 1. The van der Waals surface area contributed by atoms with Crippen LogP contribution in [0.25, 0.3) is 0 Å². The molecule has 2 aromatic rings. The molecule has 0 saturated heterocycles. The Bertz CT molecular complexity index is 610. The Hall–Kier alpha value is -1.26. The van der Waals surface area contributed by atoms with E-state index in [1.165, 1.54) is 23.7 Å². The zero-order valence-electron chi connectivity index (χ0n) is 9.45.